The van der Waals surface area contributed by atoms with Crippen molar-refractivity contribution in [2.75, 3.05) is 23.4 Å². The Morgan fingerprint density at radius 3 is 2.46 bits per heavy atom. The Bertz CT molecular complexity index is 1300. The first kappa shape index (κ1) is 24.8. The number of carbonyl (C=O) groups excluding carboxylic acids is 1. The van der Waals surface area contributed by atoms with Gasteiger partial charge in [-0.1, -0.05) is 36.4 Å². The van der Waals surface area contributed by atoms with Gasteiger partial charge in [0.15, 0.2) is 0 Å². The van der Waals surface area contributed by atoms with Crippen LogP contribution in [-0.4, -0.2) is 30.3 Å². The van der Waals surface area contributed by atoms with E-state index in [4.69, 9.17) is 9.84 Å². The molecule has 1 heterocycles. The topological polar surface area (TPSA) is 78.9 Å². The van der Waals surface area contributed by atoms with E-state index in [2.05, 4.69) is 29.6 Å². The number of aliphatic carboxylic acids is 1. The molecule has 3 aromatic rings. The summed E-state index contributed by atoms with van der Waals surface area (Å²) in [5, 5.41) is 11.7. The van der Waals surface area contributed by atoms with Crippen LogP contribution in [-0.2, 0) is 4.79 Å². The average molecular weight is 503 g/mol. The number of fused-ring (bicyclic) bond motifs is 1. The number of carboxylic acid groups (broad SMARTS) is 1. The Labute approximate surface area is 216 Å². The van der Waals surface area contributed by atoms with E-state index in [1.807, 2.05) is 25.1 Å². The highest BCUT2D eigenvalue weighted by molar-refractivity contribution is 6.03. The first-order valence-corrected chi connectivity index (χ1v) is 12.8. The molecule has 0 radical (unpaired) electrons. The summed E-state index contributed by atoms with van der Waals surface area (Å²) >= 11 is 0. The van der Waals surface area contributed by atoms with Crippen LogP contribution >= 0.6 is 0 Å². The van der Waals surface area contributed by atoms with Crippen molar-refractivity contribution in [2.45, 2.75) is 44.9 Å². The average Bonchev–Trinajstić information content (AvgIpc) is 2.90. The summed E-state index contributed by atoms with van der Waals surface area (Å²) in [7, 11) is 0. The fourth-order valence-corrected chi connectivity index (χ4v) is 5.42. The van der Waals surface area contributed by atoms with Crippen molar-refractivity contribution in [3.8, 4) is 16.9 Å². The standard InChI is InChI=1S/C30H31FN2O4/c1-19-2-12-25(31)26(16-19)32-30(36)33-14-15-37-28-18-24(11-13-27(28)33)23-9-7-22(8-10-23)21-5-3-20(4-6-21)17-29(34)35/h2,7-13,16,18,20-21H,3-6,14-15,17H2,1H3,(H,32,36)(H,34,35)/t20-,21-. The molecule has 0 saturated heterocycles. The predicted molar refractivity (Wildman–Crippen MR) is 142 cm³/mol. The van der Waals surface area contributed by atoms with Crippen molar-refractivity contribution < 1.29 is 23.8 Å². The van der Waals surface area contributed by atoms with E-state index in [1.165, 1.54) is 11.6 Å². The maximum Gasteiger partial charge on any atom is 0.326 e. The molecule has 1 aliphatic heterocycles. The van der Waals surface area contributed by atoms with E-state index in [9.17, 15) is 14.0 Å². The van der Waals surface area contributed by atoms with Crippen molar-refractivity contribution in [1.82, 2.24) is 0 Å². The maximum absolute atomic E-state index is 14.2. The van der Waals surface area contributed by atoms with Crippen LogP contribution < -0.4 is 15.0 Å². The smallest absolute Gasteiger partial charge is 0.326 e. The number of nitrogens with one attached hydrogen (secondary N) is 1. The summed E-state index contributed by atoms with van der Waals surface area (Å²) in [4.78, 5) is 25.5. The van der Waals surface area contributed by atoms with Gasteiger partial charge in [-0.05, 0) is 91.0 Å². The quantitative estimate of drug-likeness (QED) is 0.394. The van der Waals surface area contributed by atoms with Crippen molar-refractivity contribution in [2.24, 2.45) is 5.92 Å². The first-order valence-electron chi connectivity index (χ1n) is 12.8. The van der Waals surface area contributed by atoms with Gasteiger partial charge in [0.1, 0.15) is 18.2 Å². The summed E-state index contributed by atoms with van der Waals surface area (Å²) in [6, 6.07) is 18.5. The molecule has 1 saturated carbocycles. The second-order valence-electron chi connectivity index (χ2n) is 10.0. The normalized spacial score (nSPS) is 19.0. The molecule has 37 heavy (non-hydrogen) atoms. The highest BCUT2D eigenvalue weighted by Crippen LogP contribution is 2.39. The minimum atomic E-state index is -0.703. The third-order valence-electron chi connectivity index (χ3n) is 7.46. The van der Waals surface area contributed by atoms with Crippen molar-refractivity contribution >= 4 is 23.4 Å². The van der Waals surface area contributed by atoms with Gasteiger partial charge >= 0.3 is 12.0 Å². The fraction of sp³-hybridized carbons (Fsp3) is 0.333. The number of ether oxygens (including phenoxy) is 1. The van der Waals surface area contributed by atoms with Crippen LogP contribution in [0.25, 0.3) is 11.1 Å². The van der Waals surface area contributed by atoms with Gasteiger partial charge < -0.3 is 15.2 Å². The van der Waals surface area contributed by atoms with Crippen LogP contribution in [0.2, 0.25) is 0 Å². The zero-order valence-corrected chi connectivity index (χ0v) is 20.9. The summed E-state index contributed by atoms with van der Waals surface area (Å²) in [5.41, 5.74) is 5.00. The molecule has 0 bridgehead atoms. The molecule has 0 spiro atoms. The Hall–Kier alpha value is -3.87. The number of rotatable bonds is 5. The minimum absolute atomic E-state index is 0.158. The summed E-state index contributed by atoms with van der Waals surface area (Å²) in [6.45, 7) is 2.57. The zero-order valence-electron chi connectivity index (χ0n) is 20.9. The molecule has 192 valence electrons. The molecule has 0 unspecified atom stereocenters. The Kier molecular flexibility index (Phi) is 7.12. The number of anilines is 2. The number of aryl methyl sites for hydroxylation is 1. The number of carboxylic acids is 1. The number of carbonyl (C=O) groups is 2. The van der Waals surface area contributed by atoms with Crippen molar-refractivity contribution in [3.05, 3.63) is 77.6 Å². The Morgan fingerprint density at radius 2 is 1.73 bits per heavy atom. The summed E-state index contributed by atoms with van der Waals surface area (Å²) in [6.07, 6.45) is 4.24. The van der Waals surface area contributed by atoms with Crippen molar-refractivity contribution in [3.63, 3.8) is 0 Å². The highest BCUT2D eigenvalue weighted by atomic mass is 19.1. The predicted octanol–water partition coefficient (Wildman–Crippen LogP) is 6.98. The van der Waals surface area contributed by atoms with E-state index in [1.54, 1.807) is 17.0 Å². The lowest BCUT2D eigenvalue weighted by Crippen LogP contribution is -2.40. The van der Waals surface area contributed by atoms with Crippen LogP contribution in [0.1, 0.15) is 49.1 Å². The molecular weight excluding hydrogens is 471 g/mol. The number of halogens is 1. The van der Waals surface area contributed by atoms with Gasteiger partial charge in [-0.15, -0.1) is 0 Å². The lowest BCUT2D eigenvalue weighted by molar-refractivity contribution is -0.138. The monoisotopic (exact) mass is 502 g/mol. The molecule has 0 atom stereocenters. The molecule has 6 nitrogen and oxygen atoms in total. The van der Waals surface area contributed by atoms with Gasteiger partial charge in [-0.2, -0.15) is 0 Å². The van der Waals surface area contributed by atoms with E-state index in [0.717, 1.165) is 42.4 Å². The number of amides is 2. The van der Waals surface area contributed by atoms with E-state index in [-0.39, 0.29) is 12.1 Å². The van der Waals surface area contributed by atoms with Gasteiger partial charge in [-0.25, -0.2) is 9.18 Å². The number of benzene rings is 3. The summed E-state index contributed by atoms with van der Waals surface area (Å²) in [5.74, 6) is 0.201. The number of urea groups is 1. The molecule has 5 rings (SSSR count). The van der Waals surface area contributed by atoms with Crippen LogP contribution in [0.3, 0.4) is 0 Å². The maximum atomic E-state index is 14.2. The molecule has 1 fully saturated rings. The fourth-order valence-electron chi connectivity index (χ4n) is 5.42. The zero-order chi connectivity index (χ0) is 25.9. The number of hydrogen-bond donors (Lipinski definition) is 2. The molecule has 0 aromatic heterocycles. The van der Waals surface area contributed by atoms with E-state index in [0.29, 0.717) is 36.4 Å². The largest absolute Gasteiger partial charge is 0.490 e. The van der Waals surface area contributed by atoms with Crippen LogP contribution in [0.5, 0.6) is 5.75 Å². The molecular formula is C30H31FN2O4. The Balaban J connectivity index is 1.28. The number of nitrogens with zero attached hydrogens (tertiary/aromatic N) is 1. The minimum Gasteiger partial charge on any atom is -0.490 e. The van der Waals surface area contributed by atoms with Gasteiger partial charge in [-0.3, -0.25) is 9.69 Å². The molecule has 7 heteroatoms. The van der Waals surface area contributed by atoms with Crippen LogP contribution in [0.15, 0.2) is 60.7 Å². The molecule has 2 N–H and O–H groups in total. The second kappa shape index (κ2) is 10.6. The molecule has 1 aliphatic carbocycles. The van der Waals surface area contributed by atoms with E-state index >= 15 is 0 Å². The SMILES string of the molecule is Cc1ccc(F)c(NC(=O)N2CCOc3cc(-c4ccc([C@H]5CC[C@H](CC(=O)O)CC5)cc4)ccc32)c1. The molecule has 3 aromatic carbocycles. The van der Waals surface area contributed by atoms with Crippen LogP contribution in [0, 0.1) is 18.7 Å². The first-order chi connectivity index (χ1) is 17.9. The third-order valence-corrected chi connectivity index (χ3v) is 7.46. The van der Waals surface area contributed by atoms with Crippen LogP contribution in [0.4, 0.5) is 20.6 Å². The second-order valence-corrected chi connectivity index (χ2v) is 10.0. The van der Waals surface area contributed by atoms with Gasteiger partial charge in [0.2, 0.25) is 0 Å². The van der Waals surface area contributed by atoms with E-state index < -0.39 is 17.8 Å². The molecule has 2 aliphatic rings. The lowest BCUT2D eigenvalue weighted by Gasteiger charge is -2.30. The van der Waals surface area contributed by atoms with Crippen molar-refractivity contribution in [1.29, 1.82) is 0 Å². The van der Waals surface area contributed by atoms with Gasteiger partial charge in [0.25, 0.3) is 0 Å². The highest BCUT2D eigenvalue weighted by Gasteiger charge is 2.26. The van der Waals surface area contributed by atoms with Gasteiger partial charge in [0, 0.05) is 6.42 Å². The lowest BCUT2D eigenvalue weighted by atomic mass is 9.77. The number of hydrogen-bond acceptors (Lipinski definition) is 3. The Morgan fingerprint density at radius 1 is 1.00 bits per heavy atom. The summed E-state index contributed by atoms with van der Waals surface area (Å²) < 4.78 is 20.0. The molecule has 2 amide bonds. The van der Waals surface area contributed by atoms with Gasteiger partial charge in [0.05, 0.1) is 17.9 Å². The third kappa shape index (κ3) is 5.61.